The SMILES string of the molecule is O=S(=O)(c1c(Cl)nc2sccn12)n1c(N2CCN(Cc3ccccc3)CC2)cc2ccccc21. The van der Waals surface area contributed by atoms with E-state index in [0.29, 0.717) is 16.3 Å². The summed E-state index contributed by atoms with van der Waals surface area (Å²) in [5.74, 6) is 0.654. The minimum atomic E-state index is -4.01. The molecule has 1 aliphatic heterocycles. The molecule has 0 bridgehead atoms. The van der Waals surface area contributed by atoms with Crippen LogP contribution in [0.15, 0.2) is 77.3 Å². The quantitative estimate of drug-likeness (QED) is 0.346. The number of aromatic nitrogens is 3. The highest BCUT2D eigenvalue weighted by atomic mass is 35.5. The first-order valence-corrected chi connectivity index (χ1v) is 13.7. The Labute approximate surface area is 206 Å². The Morgan fingerprint density at radius 1 is 0.971 bits per heavy atom. The Morgan fingerprint density at radius 3 is 2.50 bits per heavy atom. The summed E-state index contributed by atoms with van der Waals surface area (Å²) in [7, 11) is -4.01. The third kappa shape index (κ3) is 3.60. The van der Waals surface area contributed by atoms with Gasteiger partial charge in [-0.15, -0.1) is 11.3 Å². The van der Waals surface area contributed by atoms with Crippen LogP contribution in [0, 0.1) is 0 Å². The molecule has 0 spiro atoms. The van der Waals surface area contributed by atoms with Crippen LogP contribution < -0.4 is 4.90 Å². The van der Waals surface area contributed by atoms with Crippen LogP contribution in [-0.4, -0.2) is 52.9 Å². The number of nitrogens with zero attached hydrogens (tertiary/aromatic N) is 5. The molecule has 1 fully saturated rings. The number of anilines is 1. The Bertz CT molecular complexity index is 1580. The second-order valence-corrected chi connectivity index (χ2v) is 11.3. The van der Waals surface area contributed by atoms with Gasteiger partial charge in [0, 0.05) is 49.7 Å². The summed E-state index contributed by atoms with van der Waals surface area (Å²) in [6.45, 7) is 4.04. The summed E-state index contributed by atoms with van der Waals surface area (Å²) in [5, 5.41) is 2.66. The molecule has 3 aromatic heterocycles. The number of halogens is 1. The van der Waals surface area contributed by atoms with Crippen LogP contribution in [0.3, 0.4) is 0 Å². The van der Waals surface area contributed by atoms with Gasteiger partial charge in [0.15, 0.2) is 10.1 Å². The van der Waals surface area contributed by atoms with Gasteiger partial charge in [0.05, 0.1) is 5.52 Å². The largest absolute Gasteiger partial charge is 0.355 e. The zero-order chi connectivity index (χ0) is 23.3. The highest BCUT2D eigenvalue weighted by Gasteiger charge is 2.32. The summed E-state index contributed by atoms with van der Waals surface area (Å²) in [6.07, 6.45) is 1.69. The summed E-state index contributed by atoms with van der Waals surface area (Å²) < 4.78 is 31.1. The molecule has 34 heavy (non-hydrogen) atoms. The van der Waals surface area contributed by atoms with Crippen molar-refractivity contribution in [3.05, 3.63) is 83.0 Å². The minimum Gasteiger partial charge on any atom is -0.355 e. The van der Waals surface area contributed by atoms with Gasteiger partial charge in [0.25, 0.3) is 10.0 Å². The topological polar surface area (TPSA) is 62.9 Å². The van der Waals surface area contributed by atoms with Crippen LogP contribution in [0.2, 0.25) is 5.15 Å². The highest BCUT2D eigenvalue weighted by Crippen LogP contribution is 2.35. The predicted molar refractivity (Wildman–Crippen MR) is 137 cm³/mol. The van der Waals surface area contributed by atoms with Gasteiger partial charge < -0.3 is 4.90 Å². The number of rotatable bonds is 5. The minimum absolute atomic E-state index is 0.00395. The molecule has 7 nitrogen and oxygen atoms in total. The van der Waals surface area contributed by atoms with Gasteiger partial charge in [0.1, 0.15) is 5.82 Å². The third-order valence-electron chi connectivity index (χ3n) is 6.26. The Hall–Kier alpha value is -2.85. The van der Waals surface area contributed by atoms with E-state index in [1.165, 1.54) is 20.9 Å². The zero-order valence-electron chi connectivity index (χ0n) is 18.2. The molecule has 0 N–H and O–H groups in total. The molecule has 0 radical (unpaired) electrons. The lowest BCUT2D eigenvalue weighted by Gasteiger charge is -2.36. The summed E-state index contributed by atoms with van der Waals surface area (Å²) in [5.41, 5.74) is 1.91. The van der Waals surface area contributed by atoms with Gasteiger partial charge in [0.2, 0.25) is 5.03 Å². The van der Waals surface area contributed by atoms with Crippen molar-refractivity contribution in [3.63, 3.8) is 0 Å². The molecule has 0 unspecified atom stereocenters. The van der Waals surface area contributed by atoms with Crippen molar-refractivity contribution >= 4 is 54.6 Å². The molecule has 0 amide bonds. The number of para-hydroxylation sites is 1. The number of hydrogen-bond acceptors (Lipinski definition) is 6. The van der Waals surface area contributed by atoms with E-state index >= 15 is 0 Å². The highest BCUT2D eigenvalue weighted by molar-refractivity contribution is 7.90. The molecule has 1 aliphatic rings. The maximum absolute atomic E-state index is 14.1. The van der Waals surface area contributed by atoms with Crippen LogP contribution >= 0.6 is 22.9 Å². The fourth-order valence-electron chi connectivity index (χ4n) is 4.62. The molecule has 10 heteroatoms. The average molecular weight is 512 g/mol. The van der Waals surface area contributed by atoms with E-state index in [9.17, 15) is 8.42 Å². The molecule has 2 aromatic carbocycles. The third-order valence-corrected chi connectivity index (χ3v) is 9.13. The number of imidazole rings is 1. The second kappa shape index (κ2) is 8.42. The Balaban J connectivity index is 1.38. The molecule has 0 atom stereocenters. The lowest BCUT2D eigenvalue weighted by atomic mass is 10.2. The summed E-state index contributed by atoms with van der Waals surface area (Å²) in [4.78, 5) is 9.36. The number of benzene rings is 2. The molecular weight excluding hydrogens is 490 g/mol. The fourth-order valence-corrected chi connectivity index (χ4v) is 7.57. The van der Waals surface area contributed by atoms with Crippen molar-refractivity contribution in [2.75, 3.05) is 31.1 Å². The van der Waals surface area contributed by atoms with Crippen molar-refractivity contribution in [3.8, 4) is 0 Å². The zero-order valence-corrected chi connectivity index (χ0v) is 20.6. The van der Waals surface area contributed by atoms with Gasteiger partial charge in [-0.25, -0.2) is 8.96 Å². The molecule has 4 heterocycles. The first-order chi connectivity index (χ1) is 16.5. The molecule has 6 rings (SSSR count). The smallest absolute Gasteiger partial charge is 0.289 e. The lowest BCUT2D eigenvalue weighted by Crippen LogP contribution is -2.46. The maximum atomic E-state index is 14.1. The van der Waals surface area contributed by atoms with Crippen molar-refractivity contribution in [2.45, 2.75) is 11.6 Å². The number of hydrogen-bond donors (Lipinski definition) is 0. The van der Waals surface area contributed by atoms with E-state index < -0.39 is 10.0 Å². The van der Waals surface area contributed by atoms with Crippen molar-refractivity contribution in [1.29, 1.82) is 0 Å². The van der Waals surface area contributed by atoms with Crippen LogP contribution in [0.25, 0.3) is 15.9 Å². The van der Waals surface area contributed by atoms with Gasteiger partial charge in [-0.1, -0.05) is 60.1 Å². The maximum Gasteiger partial charge on any atom is 0.289 e. The lowest BCUT2D eigenvalue weighted by molar-refractivity contribution is 0.249. The van der Waals surface area contributed by atoms with E-state index in [0.717, 1.165) is 38.1 Å². The first-order valence-electron chi connectivity index (χ1n) is 11.0. The van der Waals surface area contributed by atoms with Crippen LogP contribution in [-0.2, 0) is 16.6 Å². The average Bonchev–Trinajstić information content (AvgIpc) is 3.52. The van der Waals surface area contributed by atoms with Crippen molar-refractivity contribution < 1.29 is 8.42 Å². The molecule has 1 saturated heterocycles. The summed E-state index contributed by atoms with van der Waals surface area (Å²) in [6, 6.07) is 19.9. The number of thiazole rings is 1. The number of piperazine rings is 1. The normalized spacial score (nSPS) is 15.5. The second-order valence-electron chi connectivity index (χ2n) is 8.34. The number of fused-ring (bicyclic) bond motifs is 2. The van der Waals surface area contributed by atoms with Gasteiger partial charge in [-0.3, -0.25) is 9.30 Å². The molecule has 0 saturated carbocycles. The van der Waals surface area contributed by atoms with Gasteiger partial charge in [-0.2, -0.15) is 8.42 Å². The predicted octanol–water partition coefficient (Wildman–Crippen LogP) is 4.56. The van der Waals surface area contributed by atoms with Gasteiger partial charge in [-0.05, 0) is 17.7 Å². The molecule has 174 valence electrons. The molecule has 5 aromatic rings. The van der Waals surface area contributed by atoms with Crippen LogP contribution in [0.5, 0.6) is 0 Å². The standard InChI is InChI=1S/C24H22ClN5O2S2/c25-22-23(29-14-15-33-24(29)26-22)34(31,32)30-20-9-5-4-8-19(20)16-21(30)28-12-10-27(11-13-28)17-18-6-2-1-3-7-18/h1-9,14-16H,10-13,17H2. The van der Waals surface area contributed by atoms with Gasteiger partial charge >= 0.3 is 0 Å². The van der Waals surface area contributed by atoms with Crippen molar-refractivity contribution in [1.82, 2.24) is 18.3 Å². The monoisotopic (exact) mass is 511 g/mol. The Morgan fingerprint density at radius 2 is 1.71 bits per heavy atom. The van der Waals surface area contributed by atoms with E-state index in [-0.39, 0.29) is 10.2 Å². The van der Waals surface area contributed by atoms with E-state index in [4.69, 9.17) is 11.6 Å². The van der Waals surface area contributed by atoms with Crippen LogP contribution in [0.4, 0.5) is 5.82 Å². The Kier molecular flexibility index (Phi) is 5.37. The van der Waals surface area contributed by atoms with E-state index in [1.807, 2.05) is 36.4 Å². The van der Waals surface area contributed by atoms with E-state index in [2.05, 4.69) is 39.0 Å². The van der Waals surface area contributed by atoms with E-state index in [1.54, 1.807) is 16.0 Å². The van der Waals surface area contributed by atoms with Crippen molar-refractivity contribution in [2.24, 2.45) is 0 Å². The molecular formula is C24H22ClN5O2S2. The van der Waals surface area contributed by atoms with Crippen LogP contribution in [0.1, 0.15) is 5.56 Å². The molecule has 0 aliphatic carbocycles. The fraction of sp³-hybridized carbons (Fsp3) is 0.208. The first kappa shape index (κ1) is 21.7. The summed E-state index contributed by atoms with van der Waals surface area (Å²) >= 11 is 7.71.